The number of methoxy groups -OCH3 is 1. The number of aromatic nitrogens is 2. The number of nitrogens with one attached hydrogen (secondary N) is 1. The standard InChI is InChI=1S/C31H24N4O3/c1-38-31(37)26-14-12-22(13-15-26)21-32-33-30(36)28-20-29(35(34-28)27-10-6-3-7-11-27)25-18-16-24(17-19-25)23-8-4-2-5-9-23/h2-21H,1H3,(H,33,36)/b32-21-. The minimum atomic E-state index is -0.440. The fourth-order valence-electron chi connectivity index (χ4n) is 3.97. The molecule has 0 spiro atoms. The highest BCUT2D eigenvalue weighted by Gasteiger charge is 2.17. The third kappa shape index (κ3) is 5.42. The average Bonchev–Trinajstić information content (AvgIpc) is 3.44. The van der Waals surface area contributed by atoms with E-state index >= 15 is 0 Å². The van der Waals surface area contributed by atoms with Crippen LogP contribution in [0.25, 0.3) is 28.1 Å². The van der Waals surface area contributed by atoms with E-state index in [4.69, 9.17) is 4.74 Å². The monoisotopic (exact) mass is 500 g/mol. The molecule has 0 aliphatic heterocycles. The molecular formula is C31H24N4O3. The van der Waals surface area contributed by atoms with Gasteiger partial charge in [-0.15, -0.1) is 0 Å². The zero-order valence-corrected chi connectivity index (χ0v) is 20.6. The number of nitrogens with zero attached hydrogens (tertiary/aromatic N) is 3. The Morgan fingerprint density at radius 2 is 1.39 bits per heavy atom. The highest BCUT2D eigenvalue weighted by atomic mass is 16.5. The molecule has 1 aromatic heterocycles. The van der Waals surface area contributed by atoms with Crippen molar-refractivity contribution in [1.82, 2.24) is 15.2 Å². The number of esters is 1. The van der Waals surface area contributed by atoms with E-state index in [1.807, 2.05) is 60.7 Å². The number of ether oxygens (including phenoxy) is 1. The molecule has 0 fully saturated rings. The average molecular weight is 501 g/mol. The molecule has 0 bridgehead atoms. The van der Waals surface area contributed by atoms with E-state index in [1.54, 1.807) is 35.0 Å². The van der Waals surface area contributed by atoms with Crippen molar-refractivity contribution in [1.29, 1.82) is 0 Å². The van der Waals surface area contributed by atoms with E-state index in [9.17, 15) is 9.59 Å². The van der Waals surface area contributed by atoms with Crippen LogP contribution in [0.4, 0.5) is 0 Å². The van der Waals surface area contributed by atoms with Crippen molar-refractivity contribution in [2.75, 3.05) is 7.11 Å². The van der Waals surface area contributed by atoms with Gasteiger partial charge in [-0.1, -0.05) is 84.9 Å². The summed E-state index contributed by atoms with van der Waals surface area (Å²) in [5, 5.41) is 8.63. The lowest BCUT2D eigenvalue weighted by Crippen LogP contribution is -2.18. The van der Waals surface area contributed by atoms with Crippen LogP contribution in [-0.2, 0) is 4.74 Å². The van der Waals surface area contributed by atoms with Gasteiger partial charge < -0.3 is 4.74 Å². The second-order valence-electron chi connectivity index (χ2n) is 8.42. The van der Waals surface area contributed by atoms with Crippen molar-refractivity contribution < 1.29 is 14.3 Å². The Hall–Kier alpha value is -5.30. The van der Waals surface area contributed by atoms with Crippen LogP contribution in [0.3, 0.4) is 0 Å². The molecule has 0 saturated heterocycles. The topological polar surface area (TPSA) is 85.6 Å². The molecule has 0 radical (unpaired) electrons. The first-order valence-corrected chi connectivity index (χ1v) is 12.0. The van der Waals surface area contributed by atoms with E-state index in [0.717, 1.165) is 28.1 Å². The highest BCUT2D eigenvalue weighted by Crippen LogP contribution is 2.27. The third-order valence-electron chi connectivity index (χ3n) is 5.94. The molecule has 1 amide bonds. The Bertz CT molecular complexity index is 1570. The summed E-state index contributed by atoms with van der Waals surface area (Å²) in [6.45, 7) is 0. The Balaban J connectivity index is 1.39. The van der Waals surface area contributed by atoms with Crippen molar-refractivity contribution in [2.45, 2.75) is 0 Å². The number of hydrazone groups is 1. The number of benzene rings is 4. The van der Waals surface area contributed by atoms with Gasteiger partial charge >= 0.3 is 5.97 Å². The van der Waals surface area contributed by atoms with Crippen molar-refractivity contribution in [3.05, 3.63) is 132 Å². The van der Waals surface area contributed by atoms with Crippen molar-refractivity contribution in [3.8, 4) is 28.1 Å². The van der Waals surface area contributed by atoms with Gasteiger partial charge in [-0.25, -0.2) is 14.9 Å². The summed E-state index contributed by atoms with van der Waals surface area (Å²) in [4.78, 5) is 24.5. The van der Waals surface area contributed by atoms with E-state index in [1.165, 1.54) is 13.3 Å². The number of carbonyl (C=O) groups excluding carboxylic acids is 2. The van der Waals surface area contributed by atoms with Gasteiger partial charge in [0, 0.05) is 5.56 Å². The first-order valence-electron chi connectivity index (χ1n) is 12.0. The van der Waals surface area contributed by atoms with Crippen LogP contribution in [0, 0.1) is 0 Å². The van der Waals surface area contributed by atoms with Crippen LogP contribution in [0.15, 0.2) is 120 Å². The predicted octanol–water partition coefficient (Wildman–Crippen LogP) is 5.76. The molecule has 186 valence electrons. The molecule has 5 rings (SSSR count). The van der Waals surface area contributed by atoms with Gasteiger partial charge in [-0.05, 0) is 47.0 Å². The fraction of sp³-hybridized carbons (Fsp3) is 0.0323. The Kier molecular flexibility index (Phi) is 7.18. The number of carbonyl (C=O) groups is 2. The Labute approximate surface area is 220 Å². The van der Waals surface area contributed by atoms with Gasteiger partial charge in [0.15, 0.2) is 5.69 Å². The molecular weight excluding hydrogens is 476 g/mol. The van der Waals surface area contributed by atoms with Crippen LogP contribution in [0.2, 0.25) is 0 Å². The first kappa shape index (κ1) is 24.4. The summed E-state index contributed by atoms with van der Waals surface area (Å²) in [6, 6.07) is 36.4. The quantitative estimate of drug-likeness (QED) is 0.175. The molecule has 0 atom stereocenters. The van der Waals surface area contributed by atoms with Gasteiger partial charge in [-0.2, -0.15) is 10.2 Å². The number of para-hydroxylation sites is 1. The number of rotatable bonds is 7. The van der Waals surface area contributed by atoms with Crippen molar-refractivity contribution in [2.24, 2.45) is 5.10 Å². The van der Waals surface area contributed by atoms with E-state index in [2.05, 4.69) is 39.9 Å². The summed E-state index contributed by atoms with van der Waals surface area (Å²) in [5.41, 5.74) is 8.69. The smallest absolute Gasteiger partial charge is 0.337 e. The van der Waals surface area contributed by atoms with E-state index in [0.29, 0.717) is 11.1 Å². The predicted molar refractivity (Wildman–Crippen MR) is 147 cm³/mol. The molecule has 0 unspecified atom stereocenters. The van der Waals surface area contributed by atoms with Gasteiger partial charge in [0.1, 0.15) is 0 Å². The maximum Gasteiger partial charge on any atom is 0.337 e. The van der Waals surface area contributed by atoms with Crippen LogP contribution in [-0.4, -0.2) is 35.0 Å². The Morgan fingerprint density at radius 1 is 0.789 bits per heavy atom. The number of hydrogen-bond donors (Lipinski definition) is 1. The van der Waals surface area contributed by atoms with E-state index in [-0.39, 0.29) is 5.69 Å². The van der Waals surface area contributed by atoms with E-state index < -0.39 is 11.9 Å². The minimum Gasteiger partial charge on any atom is -0.465 e. The van der Waals surface area contributed by atoms with Gasteiger partial charge in [0.2, 0.25) is 0 Å². The first-order chi connectivity index (χ1) is 18.6. The van der Waals surface area contributed by atoms with Gasteiger partial charge in [0.25, 0.3) is 5.91 Å². The molecule has 5 aromatic rings. The molecule has 1 heterocycles. The normalized spacial score (nSPS) is 10.9. The molecule has 4 aromatic carbocycles. The lowest BCUT2D eigenvalue weighted by molar-refractivity contribution is 0.0600. The summed E-state index contributed by atoms with van der Waals surface area (Å²) in [7, 11) is 1.33. The lowest BCUT2D eigenvalue weighted by Gasteiger charge is -2.08. The lowest BCUT2D eigenvalue weighted by atomic mass is 10.0. The van der Waals surface area contributed by atoms with Crippen LogP contribution in [0.5, 0.6) is 0 Å². The van der Waals surface area contributed by atoms with Crippen LogP contribution >= 0.6 is 0 Å². The summed E-state index contributed by atoms with van der Waals surface area (Å²) >= 11 is 0. The number of hydrogen-bond acceptors (Lipinski definition) is 5. The molecule has 0 aliphatic rings. The van der Waals surface area contributed by atoms with Gasteiger partial charge in [0.05, 0.1) is 30.3 Å². The SMILES string of the molecule is COC(=O)c1ccc(/C=N\NC(=O)c2cc(-c3ccc(-c4ccccc4)cc3)n(-c3ccccc3)n2)cc1. The van der Waals surface area contributed by atoms with Crippen LogP contribution in [0.1, 0.15) is 26.4 Å². The molecule has 38 heavy (non-hydrogen) atoms. The third-order valence-corrected chi connectivity index (χ3v) is 5.94. The summed E-state index contributed by atoms with van der Waals surface area (Å²) in [5.74, 6) is -0.856. The Morgan fingerprint density at radius 3 is 2.05 bits per heavy atom. The van der Waals surface area contributed by atoms with Crippen molar-refractivity contribution >= 4 is 18.1 Å². The van der Waals surface area contributed by atoms with Crippen LogP contribution < -0.4 is 5.43 Å². The minimum absolute atomic E-state index is 0.231. The molecule has 7 heteroatoms. The zero-order valence-electron chi connectivity index (χ0n) is 20.6. The summed E-state index contributed by atoms with van der Waals surface area (Å²) < 4.78 is 6.45. The maximum atomic E-state index is 12.9. The second-order valence-corrected chi connectivity index (χ2v) is 8.42. The van der Waals surface area contributed by atoms with Crippen molar-refractivity contribution in [3.63, 3.8) is 0 Å². The summed E-state index contributed by atoms with van der Waals surface area (Å²) in [6.07, 6.45) is 1.50. The molecule has 0 aliphatic carbocycles. The number of amides is 1. The highest BCUT2D eigenvalue weighted by molar-refractivity contribution is 5.95. The largest absolute Gasteiger partial charge is 0.465 e. The molecule has 1 N–H and O–H groups in total. The molecule has 7 nitrogen and oxygen atoms in total. The zero-order chi connectivity index (χ0) is 26.3. The fourth-order valence-corrected chi connectivity index (χ4v) is 3.97. The second kappa shape index (κ2) is 11.2. The molecule has 0 saturated carbocycles. The maximum absolute atomic E-state index is 12.9. The van der Waals surface area contributed by atoms with Gasteiger partial charge in [-0.3, -0.25) is 4.79 Å².